The molecule has 1 heterocycles. The number of hydrogen-bond donors (Lipinski definition) is 2. The van der Waals surface area contributed by atoms with E-state index >= 15 is 0 Å². The number of alkyl carbamates (subject to hydrolysis) is 1. The maximum absolute atomic E-state index is 11.7. The Morgan fingerprint density at radius 3 is 2.76 bits per heavy atom. The predicted octanol–water partition coefficient (Wildman–Crippen LogP) is 3.55. The zero-order chi connectivity index (χ0) is 17.5. The van der Waals surface area contributed by atoms with E-state index in [1.165, 1.54) is 4.88 Å². The SMILES string of the molecule is CCOC(=O)NC(CNC(=NC)N(C)Cc1ccc(Cl)s1)C1CC1.I. The Hall–Kier alpha value is -0.740. The number of amides is 1. The highest BCUT2D eigenvalue weighted by Crippen LogP contribution is 2.32. The molecule has 6 nitrogen and oxygen atoms in total. The monoisotopic (exact) mass is 500 g/mol. The van der Waals surface area contributed by atoms with Crippen molar-refractivity contribution in [1.29, 1.82) is 0 Å². The van der Waals surface area contributed by atoms with Gasteiger partial charge in [0.05, 0.1) is 23.5 Å². The average molecular weight is 501 g/mol. The van der Waals surface area contributed by atoms with Gasteiger partial charge in [-0.25, -0.2) is 4.79 Å². The fourth-order valence-electron chi connectivity index (χ4n) is 2.49. The summed E-state index contributed by atoms with van der Waals surface area (Å²) in [6.45, 7) is 3.55. The molecule has 25 heavy (non-hydrogen) atoms. The van der Waals surface area contributed by atoms with Crippen LogP contribution in [0.3, 0.4) is 0 Å². The smallest absolute Gasteiger partial charge is 0.407 e. The Kier molecular flexibility index (Phi) is 9.88. The van der Waals surface area contributed by atoms with Crippen LogP contribution in [0.4, 0.5) is 4.79 Å². The summed E-state index contributed by atoms with van der Waals surface area (Å²) < 4.78 is 5.77. The number of aliphatic imine (C=N–C) groups is 1. The first-order chi connectivity index (χ1) is 11.5. The van der Waals surface area contributed by atoms with Gasteiger partial charge in [0, 0.05) is 25.5 Å². The highest BCUT2D eigenvalue weighted by Gasteiger charge is 2.32. The van der Waals surface area contributed by atoms with Crippen molar-refractivity contribution in [2.75, 3.05) is 27.2 Å². The van der Waals surface area contributed by atoms with Gasteiger partial charge < -0.3 is 20.3 Å². The number of rotatable bonds is 7. The van der Waals surface area contributed by atoms with Gasteiger partial charge in [-0.1, -0.05) is 11.6 Å². The normalized spacial score (nSPS) is 15.1. The van der Waals surface area contributed by atoms with Crippen LogP contribution in [0.2, 0.25) is 4.34 Å². The molecule has 0 saturated heterocycles. The van der Waals surface area contributed by atoms with Crippen LogP contribution in [-0.4, -0.2) is 50.2 Å². The molecule has 0 radical (unpaired) electrons. The van der Waals surface area contributed by atoms with Crippen LogP contribution in [0.15, 0.2) is 17.1 Å². The minimum Gasteiger partial charge on any atom is -0.450 e. The summed E-state index contributed by atoms with van der Waals surface area (Å²) in [4.78, 5) is 19.2. The summed E-state index contributed by atoms with van der Waals surface area (Å²) in [6.07, 6.45) is 1.93. The Balaban J connectivity index is 0.00000312. The van der Waals surface area contributed by atoms with E-state index in [2.05, 4.69) is 15.6 Å². The number of hydrogen-bond acceptors (Lipinski definition) is 4. The Morgan fingerprint density at radius 2 is 2.24 bits per heavy atom. The lowest BCUT2D eigenvalue weighted by atomic mass is 10.2. The van der Waals surface area contributed by atoms with Gasteiger partial charge >= 0.3 is 6.09 Å². The van der Waals surface area contributed by atoms with E-state index in [1.807, 2.05) is 24.1 Å². The van der Waals surface area contributed by atoms with Crippen molar-refractivity contribution in [3.63, 3.8) is 0 Å². The molecule has 1 unspecified atom stereocenters. The minimum absolute atomic E-state index is 0. The zero-order valence-corrected chi connectivity index (χ0v) is 18.7. The van der Waals surface area contributed by atoms with Gasteiger partial charge in [-0.05, 0) is 37.8 Å². The number of carbonyl (C=O) groups is 1. The summed E-state index contributed by atoms with van der Waals surface area (Å²) in [5.74, 6) is 1.30. The van der Waals surface area contributed by atoms with Gasteiger partial charge in [-0.15, -0.1) is 35.3 Å². The second kappa shape index (κ2) is 11.1. The van der Waals surface area contributed by atoms with Crippen LogP contribution >= 0.6 is 46.9 Å². The molecule has 0 aromatic carbocycles. The first-order valence-corrected chi connectivity index (χ1v) is 9.32. The minimum atomic E-state index is -0.354. The molecule has 1 aromatic heterocycles. The molecule has 0 bridgehead atoms. The predicted molar refractivity (Wildman–Crippen MR) is 114 cm³/mol. The fourth-order valence-corrected chi connectivity index (χ4v) is 3.63. The summed E-state index contributed by atoms with van der Waals surface area (Å²) in [7, 11) is 3.74. The molecule has 1 atom stereocenters. The molecule has 1 aromatic rings. The Morgan fingerprint density at radius 1 is 1.52 bits per heavy atom. The van der Waals surface area contributed by atoms with Gasteiger partial charge in [-0.3, -0.25) is 4.99 Å². The molecule has 1 amide bonds. The van der Waals surface area contributed by atoms with E-state index in [0.29, 0.717) is 19.1 Å². The van der Waals surface area contributed by atoms with E-state index in [-0.39, 0.29) is 36.1 Å². The molecular formula is C16H26ClIN4O2S. The van der Waals surface area contributed by atoms with Crippen LogP contribution in [0.1, 0.15) is 24.6 Å². The van der Waals surface area contributed by atoms with E-state index in [4.69, 9.17) is 16.3 Å². The van der Waals surface area contributed by atoms with Crippen molar-refractivity contribution in [2.45, 2.75) is 32.4 Å². The quantitative estimate of drug-likeness (QED) is 0.341. The van der Waals surface area contributed by atoms with Crippen molar-refractivity contribution in [3.05, 3.63) is 21.3 Å². The van der Waals surface area contributed by atoms with E-state index in [9.17, 15) is 4.79 Å². The molecule has 9 heteroatoms. The lowest BCUT2D eigenvalue weighted by Gasteiger charge is -2.24. The maximum atomic E-state index is 11.7. The summed E-state index contributed by atoms with van der Waals surface area (Å²) in [5, 5.41) is 6.28. The number of guanidine groups is 1. The van der Waals surface area contributed by atoms with Gasteiger partial charge in [-0.2, -0.15) is 0 Å². The number of nitrogens with one attached hydrogen (secondary N) is 2. The highest BCUT2D eigenvalue weighted by molar-refractivity contribution is 14.0. The summed E-state index contributed by atoms with van der Waals surface area (Å²) >= 11 is 7.54. The van der Waals surface area contributed by atoms with Crippen LogP contribution in [-0.2, 0) is 11.3 Å². The maximum Gasteiger partial charge on any atom is 0.407 e. The Bertz CT molecular complexity index is 580. The number of thiophene rings is 1. The number of nitrogens with zero attached hydrogens (tertiary/aromatic N) is 2. The van der Waals surface area contributed by atoms with Gasteiger partial charge in [0.25, 0.3) is 0 Å². The van der Waals surface area contributed by atoms with E-state index in [0.717, 1.165) is 29.7 Å². The van der Waals surface area contributed by atoms with Crippen LogP contribution < -0.4 is 10.6 Å². The molecule has 1 aliphatic carbocycles. The third-order valence-corrected chi connectivity index (χ3v) is 5.06. The van der Waals surface area contributed by atoms with Crippen LogP contribution in [0.25, 0.3) is 0 Å². The molecular weight excluding hydrogens is 475 g/mol. The largest absolute Gasteiger partial charge is 0.450 e. The molecule has 1 fully saturated rings. The lowest BCUT2D eigenvalue weighted by molar-refractivity contribution is 0.146. The first-order valence-electron chi connectivity index (χ1n) is 8.12. The Labute approximate surface area is 175 Å². The van der Waals surface area contributed by atoms with Crippen molar-refractivity contribution in [3.8, 4) is 0 Å². The molecule has 2 N–H and O–H groups in total. The first kappa shape index (κ1) is 22.3. The summed E-state index contributed by atoms with van der Waals surface area (Å²) in [6, 6.07) is 3.98. The summed E-state index contributed by atoms with van der Waals surface area (Å²) in [5.41, 5.74) is 0. The molecule has 142 valence electrons. The van der Waals surface area contributed by atoms with E-state index in [1.54, 1.807) is 25.3 Å². The molecule has 0 aliphatic heterocycles. The van der Waals surface area contributed by atoms with Gasteiger partial charge in [0.1, 0.15) is 0 Å². The van der Waals surface area contributed by atoms with E-state index < -0.39 is 0 Å². The topological polar surface area (TPSA) is 66.0 Å². The number of carbonyl (C=O) groups excluding carboxylic acids is 1. The lowest BCUT2D eigenvalue weighted by Crippen LogP contribution is -2.48. The van der Waals surface area contributed by atoms with Crippen molar-refractivity contribution in [2.24, 2.45) is 10.9 Å². The molecule has 0 spiro atoms. The molecule has 2 rings (SSSR count). The van der Waals surface area contributed by atoms with Crippen molar-refractivity contribution < 1.29 is 9.53 Å². The fraction of sp³-hybridized carbons (Fsp3) is 0.625. The van der Waals surface area contributed by atoms with Gasteiger partial charge in [0.2, 0.25) is 0 Å². The van der Waals surface area contributed by atoms with Crippen LogP contribution in [0, 0.1) is 5.92 Å². The second-order valence-electron chi connectivity index (χ2n) is 5.80. The number of halogens is 2. The third kappa shape index (κ3) is 7.57. The number of ether oxygens (including phenoxy) is 1. The van der Waals surface area contributed by atoms with Crippen molar-refractivity contribution >= 4 is 59.0 Å². The highest BCUT2D eigenvalue weighted by atomic mass is 127. The molecule has 1 saturated carbocycles. The van der Waals surface area contributed by atoms with Gasteiger partial charge in [0.15, 0.2) is 5.96 Å². The van der Waals surface area contributed by atoms with Crippen LogP contribution in [0.5, 0.6) is 0 Å². The molecule has 1 aliphatic rings. The average Bonchev–Trinajstić information content (AvgIpc) is 3.30. The zero-order valence-electron chi connectivity index (χ0n) is 14.8. The third-order valence-electron chi connectivity index (χ3n) is 3.85. The standard InChI is InChI=1S/C16H25ClN4O2S.HI/c1-4-23-16(22)20-13(11-5-6-11)9-19-15(18-2)21(3)10-12-7-8-14(17)24-12;/h7-8,11,13H,4-6,9-10H2,1-3H3,(H,18,19)(H,20,22);1H. The van der Waals surface area contributed by atoms with Crippen molar-refractivity contribution in [1.82, 2.24) is 15.5 Å². The second-order valence-corrected chi connectivity index (χ2v) is 7.60.